The van der Waals surface area contributed by atoms with Crippen molar-refractivity contribution in [2.24, 2.45) is 11.3 Å². The number of nitrogens with one attached hydrogen (secondary N) is 3. The molecule has 1 saturated heterocycles. The fourth-order valence-corrected chi connectivity index (χ4v) is 4.43. The van der Waals surface area contributed by atoms with Crippen LogP contribution < -0.4 is 20.7 Å². The predicted molar refractivity (Wildman–Crippen MR) is 156 cm³/mol. The maximum Gasteiger partial charge on any atom is 0.410 e. The minimum atomic E-state index is -1.47. The van der Waals surface area contributed by atoms with E-state index in [0.717, 1.165) is 24.3 Å². The Morgan fingerprint density at radius 1 is 0.889 bits per heavy atom. The molecule has 0 spiro atoms. The van der Waals surface area contributed by atoms with Crippen molar-refractivity contribution in [2.75, 3.05) is 29.0 Å². The molecule has 2 heterocycles. The van der Waals surface area contributed by atoms with E-state index in [1.54, 1.807) is 20.8 Å². The van der Waals surface area contributed by atoms with Gasteiger partial charge < -0.3 is 30.3 Å². The summed E-state index contributed by atoms with van der Waals surface area (Å²) in [5.74, 6) is -5.24. The smallest absolute Gasteiger partial charge is 0.410 e. The van der Waals surface area contributed by atoms with E-state index in [1.807, 2.05) is 0 Å². The molecule has 0 atom stereocenters. The minimum Gasteiger partial charge on any atom is -0.454 e. The van der Waals surface area contributed by atoms with E-state index in [2.05, 4.69) is 20.9 Å². The van der Waals surface area contributed by atoms with Gasteiger partial charge in [-0.25, -0.2) is 22.9 Å². The molecule has 2 aromatic carbocycles. The van der Waals surface area contributed by atoms with Crippen LogP contribution in [0.2, 0.25) is 0 Å². The second-order valence-electron chi connectivity index (χ2n) is 11.8. The highest BCUT2D eigenvalue weighted by Gasteiger charge is 2.56. The van der Waals surface area contributed by atoms with Crippen LogP contribution in [0, 0.1) is 28.8 Å². The number of ether oxygens (including phenoxy) is 2. The molecule has 2 fully saturated rings. The first-order valence-electron chi connectivity index (χ1n) is 14.0. The van der Waals surface area contributed by atoms with Crippen molar-refractivity contribution in [3.63, 3.8) is 0 Å². The molecule has 4 amide bonds. The highest BCUT2D eigenvalue weighted by molar-refractivity contribution is 6.17. The van der Waals surface area contributed by atoms with Gasteiger partial charge in [0.2, 0.25) is 17.7 Å². The van der Waals surface area contributed by atoms with Crippen molar-refractivity contribution in [3.05, 3.63) is 72.2 Å². The van der Waals surface area contributed by atoms with E-state index in [0.29, 0.717) is 0 Å². The molecule has 0 radical (unpaired) electrons. The number of amides is 4. The average molecular weight is 626 g/mol. The topological polar surface area (TPSA) is 139 Å². The zero-order valence-electron chi connectivity index (χ0n) is 24.6. The van der Waals surface area contributed by atoms with Crippen LogP contribution in [0.4, 0.5) is 35.2 Å². The molecule has 0 bridgehead atoms. The lowest BCUT2D eigenvalue weighted by Crippen LogP contribution is -2.55. The number of likely N-dealkylation sites (tertiary alicyclic amines) is 1. The van der Waals surface area contributed by atoms with Crippen molar-refractivity contribution in [2.45, 2.75) is 39.2 Å². The van der Waals surface area contributed by atoms with Gasteiger partial charge in [0.15, 0.2) is 17.4 Å². The third-order valence-electron chi connectivity index (χ3n) is 7.11. The van der Waals surface area contributed by atoms with Crippen LogP contribution in [-0.4, -0.2) is 52.4 Å². The Balaban J connectivity index is 1.17. The number of pyridine rings is 1. The van der Waals surface area contributed by atoms with Gasteiger partial charge in [0.05, 0.1) is 11.6 Å². The zero-order valence-corrected chi connectivity index (χ0v) is 24.6. The van der Waals surface area contributed by atoms with Gasteiger partial charge >= 0.3 is 6.09 Å². The molecule has 0 unspecified atom stereocenters. The number of carbonyl (C=O) groups is 4. The number of benzene rings is 2. The number of hydrogen-bond acceptors (Lipinski definition) is 7. The van der Waals surface area contributed by atoms with Gasteiger partial charge in [-0.1, -0.05) is 0 Å². The lowest BCUT2D eigenvalue weighted by Gasteiger charge is -2.38. The average Bonchev–Trinajstić information content (AvgIpc) is 3.74. The molecule has 1 aliphatic heterocycles. The monoisotopic (exact) mass is 625 g/mol. The van der Waals surface area contributed by atoms with Gasteiger partial charge in [-0.2, -0.15) is 0 Å². The minimum absolute atomic E-state index is 0.0359. The molecule has 5 rings (SSSR count). The third kappa shape index (κ3) is 7.33. The molecule has 1 saturated carbocycles. The van der Waals surface area contributed by atoms with E-state index in [1.165, 1.54) is 35.4 Å². The number of halogens is 3. The van der Waals surface area contributed by atoms with Crippen LogP contribution in [0.15, 0.2) is 54.7 Å². The highest BCUT2D eigenvalue weighted by Crippen LogP contribution is 2.48. The van der Waals surface area contributed by atoms with Crippen LogP contribution in [0.25, 0.3) is 0 Å². The summed E-state index contributed by atoms with van der Waals surface area (Å²) >= 11 is 0. The molecule has 1 aromatic heterocycles. The summed E-state index contributed by atoms with van der Waals surface area (Å²) in [4.78, 5) is 55.8. The van der Waals surface area contributed by atoms with E-state index in [-0.39, 0.29) is 43.2 Å². The summed E-state index contributed by atoms with van der Waals surface area (Å²) in [5, 5.41) is 7.42. The Labute approximate surface area is 256 Å². The SMILES string of the molecule is CC(C)(C)OC(=O)N1CC(C(=O)Nc2cc(Oc3cc(F)c(NC(=O)C4(C(=O)Nc5ccc(F)cc5)CC4)cc3F)ccn2)C1. The molecule has 45 heavy (non-hydrogen) atoms. The van der Waals surface area contributed by atoms with Crippen LogP contribution in [0.1, 0.15) is 33.6 Å². The molecular weight excluding hydrogens is 595 g/mol. The van der Waals surface area contributed by atoms with E-state index in [9.17, 15) is 32.3 Å². The van der Waals surface area contributed by atoms with Gasteiger partial charge in [-0.05, 0) is 63.9 Å². The summed E-state index contributed by atoms with van der Waals surface area (Å²) in [6.07, 6.45) is 1.18. The molecule has 2 aliphatic rings. The summed E-state index contributed by atoms with van der Waals surface area (Å²) in [7, 11) is 0. The Hall–Kier alpha value is -5.14. The normalized spacial score (nSPS) is 15.4. The fourth-order valence-electron chi connectivity index (χ4n) is 4.43. The van der Waals surface area contributed by atoms with Crippen LogP contribution >= 0.6 is 0 Å². The van der Waals surface area contributed by atoms with Gasteiger partial charge in [0.1, 0.15) is 28.4 Å². The zero-order chi connectivity index (χ0) is 32.5. The highest BCUT2D eigenvalue weighted by atomic mass is 19.1. The van der Waals surface area contributed by atoms with E-state index < -0.39 is 69.6 Å². The summed E-state index contributed by atoms with van der Waals surface area (Å²) in [6, 6.07) is 9.12. The predicted octanol–water partition coefficient (Wildman–Crippen LogP) is 5.45. The quantitative estimate of drug-likeness (QED) is 0.283. The van der Waals surface area contributed by atoms with E-state index >= 15 is 0 Å². The number of aromatic nitrogens is 1. The largest absolute Gasteiger partial charge is 0.454 e. The Morgan fingerprint density at radius 2 is 1.56 bits per heavy atom. The molecule has 1 aliphatic carbocycles. The Kier molecular flexibility index (Phi) is 8.41. The molecule has 14 heteroatoms. The van der Waals surface area contributed by atoms with Crippen molar-refractivity contribution in [1.82, 2.24) is 9.88 Å². The number of nitrogens with zero attached hydrogens (tertiary/aromatic N) is 2. The summed E-state index contributed by atoms with van der Waals surface area (Å²) in [6.45, 7) is 5.57. The standard InChI is InChI=1S/C31H30F3N5O6/c1-30(2,3)45-29(43)39-15-17(16-39)26(40)38-25-12-20(8-11-35-25)44-24-14-21(33)23(13-22(24)34)37-28(42)31(9-10-31)27(41)36-19-6-4-18(32)5-7-19/h4-8,11-14,17H,9-10,15-16H2,1-3H3,(H,36,41)(H,37,42)(H,35,38,40). The second kappa shape index (κ2) is 12.1. The first-order valence-corrected chi connectivity index (χ1v) is 14.0. The third-order valence-corrected chi connectivity index (χ3v) is 7.11. The van der Waals surface area contributed by atoms with Gasteiger partial charge in [0, 0.05) is 43.2 Å². The Bertz CT molecular complexity index is 1650. The van der Waals surface area contributed by atoms with Gasteiger partial charge in [0.25, 0.3) is 0 Å². The molecular formula is C31H30F3N5O6. The number of hydrogen-bond donors (Lipinski definition) is 3. The van der Waals surface area contributed by atoms with Crippen molar-refractivity contribution < 1.29 is 41.8 Å². The van der Waals surface area contributed by atoms with Gasteiger partial charge in [-0.3, -0.25) is 14.4 Å². The van der Waals surface area contributed by atoms with Gasteiger partial charge in [-0.15, -0.1) is 0 Å². The molecule has 11 nitrogen and oxygen atoms in total. The summed E-state index contributed by atoms with van der Waals surface area (Å²) < 4.78 is 53.8. The lowest BCUT2D eigenvalue weighted by molar-refractivity contribution is -0.131. The van der Waals surface area contributed by atoms with Crippen LogP contribution in [-0.2, 0) is 19.1 Å². The fraction of sp³-hybridized carbons (Fsp3) is 0.323. The first-order chi connectivity index (χ1) is 21.2. The maximum absolute atomic E-state index is 15.0. The Morgan fingerprint density at radius 3 is 2.20 bits per heavy atom. The van der Waals surface area contributed by atoms with Crippen molar-refractivity contribution >= 4 is 41.0 Å². The van der Waals surface area contributed by atoms with Crippen LogP contribution in [0.5, 0.6) is 11.5 Å². The number of rotatable bonds is 8. The second-order valence-corrected chi connectivity index (χ2v) is 11.8. The molecule has 236 valence electrons. The number of anilines is 3. The summed E-state index contributed by atoms with van der Waals surface area (Å²) in [5.41, 5.74) is -2.34. The maximum atomic E-state index is 15.0. The lowest BCUT2D eigenvalue weighted by atomic mass is 10.00. The van der Waals surface area contributed by atoms with Crippen molar-refractivity contribution in [3.8, 4) is 11.5 Å². The number of carbonyl (C=O) groups excluding carboxylic acids is 4. The molecule has 3 aromatic rings. The first kappa shape index (κ1) is 31.3. The molecule has 3 N–H and O–H groups in total. The van der Waals surface area contributed by atoms with E-state index in [4.69, 9.17) is 9.47 Å². The van der Waals surface area contributed by atoms with Crippen LogP contribution in [0.3, 0.4) is 0 Å². The van der Waals surface area contributed by atoms with Crippen molar-refractivity contribution in [1.29, 1.82) is 0 Å².